The Morgan fingerprint density at radius 1 is 1.41 bits per heavy atom. The topological polar surface area (TPSA) is 67.3 Å². The molecule has 152 valence electrons. The van der Waals surface area contributed by atoms with Crippen LogP contribution in [-0.4, -0.2) is 48.1 Å². The van der Waals surface area contributed by atoms with Crippen LogP contribution >= 0.6 is 27.3 Å². The minimum Gasteiger partial charge on any atom is -0.383 e. The van der Waals surface area contributed by atoms with Gasteiger partial charge in [0.05, 0.1) is 12.0 Å². The van der Waals surface area contributed by atoms with Crippen LogP contribution in [0.25, 0.3) is 10.2 Å². The van der Waals surface area contributed by atoms with E-state index in [1.54, 1.807) is 29.7 Å². The van der Waals surface area contributed by atoms with Crippen LogP contribution in [0.3, 0.4) is 0 Å². The van der Waals surface area contributed by atoms with Gasteiger partial charge in [-0.25, -0.2) is 9.97 Å². The van der Waals surface area contributed by atoms with Crippen LogP contribution in [-0.2, 0) is 22.4 Å². The number of likely N-dealkylation sites (N-methyl/N-ethyl adjacent to an activating group) is 1. The number of benzene rings is 1. The second-order valence-electron chi connectivity index (χ2n) is 7.23. The lowest BCUT2D eigenvalue weighted by atomic mass is 9.87. The lowest BCUT2D eigenvalue weighted by molar-refractivity contribution is -0.135. The summed E-state index contributed by atoms with van der Waals surface area (Å²) in [5.41, 5.74) is 2.26. The van der Waals surface area contributed by atoms with E-state index in [0.717, 1.165) is 45.5 Å². The van der Waals surface area contributed by atoms with E-state index in [2.05, 4.69) is 31.2 Å². The van der Waals surface area contributed by atoms with Gasteiger partial charge >= 0.3 is 0 Å². The molecule has 1 unspecified atom stereocenters. The molecule has 2 aromatic heterocycles. The van der Waals surface area contributed by atoms with E-state index in [-0.39, 0.29) is 11.8 Å². The van der Waals surface area contributed by atoms with E-state index < -0.39 is 0 Å². The van der Waals surface area contributed by atoms with Gasteiger partial charge in [0, 0.05) is 41.7 Å². The first-order chi connectivity index (χ1) is 14.1. The number of rotatable bonds is 6. The summed E-state index contributed by atoms with van der Waals surface area (Å²) in [5.74, 6) is 1.04. The fourth-order valence-electron chi connectivity index (χ4n) is 3.77. The Hall–Kier alpha value is -2.03. The second-order valence-corrected chi connectivity index (χ2v) is 9.23. The van der Waals surface area contributed by atoms with Crippen molar-refractivity contribution in [3.8, 4) is 0 Å². The predicted molar refractivity (Wildman–Crippen MR) is 120 cm³/mol. The maximum absolute atomic E-state index is 12.8. The molecule has 0 saturated heterocycles. The zero-order valence-corrected chi connectivity index (χ0v) is 18.8. The zero-order valence-electron chi connectivity index (χ0n) is 16.4. The van der Waals surface area contributed by atoms with Gasteiger partial charge in [-0.15, -0.1) is 11.3 Å². The van der Waals surface area contributed by atoms with Crippen molar-refractivity contribution < 1.29 is 9.53 Å². The third-order valence-corrected chi connectivity index (χ3v) is 6.94. The van der Waals surface area contributed by atoms with Crippen molar-refractivity contribution in [3.63, 3.8) is 0 Å². The number of carbonyl (C=O) groups excluding carboxylic acids is 1. The SMILES string of the molecule is COCCN(C)C(=O)C1CCc2c(sc3ncnc(Nc4cccc(Br)c4)c23)C1. The van der Waals surface area contributed by atoms with Crippen LogP contribution < -0.4 is 5.32 Å². The number of aryl methyl sites for hydroxylation is 1. The molecule has 1 atom stereocenters. The largest absolute Gasteiger partial charge is 0.383 e. The summed E-state index contributed by atoms with van der Waals surface area (Å²) in [6.45, 7) is 1.18. The molecule has 29 heavy (non-hydrogen) atoms. The number of anilines is 2. The highest BCUT2D eigenvalue weighted by molar-refractivity contribution is 9.10. The van der Waals surface area contributed by atoms with E-state index in [1.807, 2.05) is 31.3 Å². The Kier molecular flexibility index (Phi) is 6.12. The average molecular weight is 475 g/mol. The molecule has 6 nitrogen and oxygen atoms in total. The first-order valence-electron chi connectivity index (χ1n) is 9.58. The van der Waals surface area contributed by atoms with E-state index in [4.69, 9.17) is 4.74 Å². The van der Waals surface area contributed by atoms with Crippen molar-refractivity contribution in [1.29, 1.82) is 0 Å². The highest BCUT2D eigenvalue weighted by Gasteiger charge is 2.30. The number of ether oxygens (including phenoxy) is 1. The van der Waals surface area contributed by atoms with Gasteiger partial charge in [0.25, 0.3) is 0 Å². The van der Waals surface area contributed by atoms with Crippen LogP contribution in [0.4, 0.5) is 11.5 Å². The van der Waals surface area contributed by atoms with Crippen LogP contribution in [0.5, 0.6) is 0 Å². The van der Waals surface area contributed by atoms with Gasteiger partial charge in [-0.3, -0.25) is 4.79 Å². The molecule has 3 aromatic rings. The first kappa shape index (κ1) is 20.3. The molecule has 0 bridgehead atoms. The number of nitrogens with zero attached hydrogens (tertiary/aromatic N) is 3. The predicted octanol–water partition coefficient (Wildman–Crippen LogP) is 4.41. The van der Waals surface area contributed by atoms with Gasteiger partial charge < -0.3 is 15.0 Å². The summed E-state index contributed by atoms with van der Waals surface area (Å²) in [6.07, 6.45) is 4.08. The molecule has 1 aromatic carbocycles. The number of carbonyl (C=O) groups is 1. The lowest BCUT2D eigenvalue weighted by Gasteiger charge is -2.26. The molecule has 0 radical (unpaired) electrons. The maximum atomic E-state index is 12.8. The Morgan fingerprint density at radius 3 is 3.07 bits per heavy atom. The van der Waals surface area contributed by atoms with Crippen LogP contribution in [0.1, 0.15) is 16.9 Å². The van der Waals surface area contributed by atoms with Gasteiger partial charge in [-0.1, -0.05) is 22.0 Å². The Morgan fingerprint density at radius 2 is 2.28 bits per heavy atom. The Labute approximate surface area is 182 Å². The minimum absolute atomic E-state index is 0.0202. The van der Waals surface area contributed by atoms with Gasteiger partial charge in [0.15, 0.2) is 0 Å². The standard InChI is InChI=1S/C21H23BrN4O2S/c1-26(8-9-28-2)21(27)13-6-7-16-17(10-13)29-20-18(16)19(23-12-24-20)25-15-5-3-4-14(22)11-15/h3-5,11-13H,6-10H2,1-2H3,(H,23,24,25). The van der Waals surface area contributed by atoms with E-state index in [9.17, 15) is 4.79 Å². The summed E-state index contributed by atoms with van der Waals surface area (Å²) in [5, 5.41) is 4.52. The molecule has 0 spiro atoms. The summed E-state index contributed by atoms with van der Waals surface area (Å²) >= 11 is 5.19. The van der Waals surface area contributed by atoms with Crippen LogP contribution in [0, 0.1) is 5.92 Å². The van der Waals surface area contributed by atoms with Gasteiger partial charge in [-0.2, -0.15) is 0 Å². The van der Waals surface area contributed by atoms with E-state index >= 15 is 0 Å². The number of halogens is 1. The average Bonchev–Trinajstić information content (AvgIpc) is 3.10. The number of hydrogen-bond acceptors (Lipinski definition) is 6. The maximum Gasteiger partial charge on any atom is 0.225 e. The number of fused-ring (bicyclic) bond motifs is 3. The number of methoxy groups -OCH3 is 1. The molecule has 4 rings (SSSR count). The van der Waals surface area contributed by atoms with Crippen molar-refractivity contribution in [3.05, 3.63) is 45.5 Å². The fraction of sp³-hybridized carbons (Fsp3) is 0.381. The molecule has 1 aliphatic carbocycles. The summed E-state index contributed by atoms with van der Waals surface area (Å²) in [7, 11) is 3.51. The fourth-order valence-corrected chi connectivity index (χ4v) is 5.44. The van der Waals surface area contributed by atoms with Crippen molar-refractivity contribution in [2.45, 2.75) is 19.3 Å². The quantitative estimate of drug-likeness (QED) is 0.572. The number of nitrogens with one attached hydrogen (secondary N) is 1. The molecule has 1 aliphatic rings. The number of hydrogen-bond donors (Lipinski definition) is 1. The highest BCUT2D eigenvalue weighted by Crippen LogP contribution is 2.40. The van der Waals surface area contributed by atoms with Crippen molar-refractivity contribution in [2.24, 2.45) is 5.92 Å². The number of amides is 1. The van der Waals surface area contributed by atoms with Crippen molar-refractivity contribution in [1.82, 2.24) is 14.9 Å². The van der Waals surface area contributed by atoms with E-state index in [1.165, 1.54) is 10.4 Å². The van der Waals surface area contributed by atoms with Gasteiger partial charge in [-0.05, 0) is 43.0 Å². The molecule has 0 saturated carbocycles. The lowest BCUT2D eigenvalue weighted by Crippen LogP contribution is -2.37. The van der Waals surface area contributed by atoms with Gasteiger partial charge in [0.2, 0.25) is 5.91 Å². The molecule has 8 heteroatoms. The van der Waals surface area contributed by atoms with Gasteiger partial charge in [0.1, 0.15) is 17.0 Å². The monoisotopic (exact) mass is 474 g/mol. The third kappa shape index (κ3) is 4.29. The zero-order chi connectivity index (χ0) is 20.4. The van der Waals surface area contributed by atoms with Crippen molar-refractivity contribution >= 4 is 54.9 Å². The summed E-state index contributed by atoms with van der Waals surface area (Å²) in [4.78, 5) is 25.8. The normalized spacial score (nSPS) is 15.9. The minimum atomic E-state index is 0.0202. The molecular formula is C21H23BrN4O2S. The number of thiophene rings is 1. The third-order valence-electron chi connectivity index (χ3n) is 5.29. The molecule has 1 amide bonds. The summed E-state index contributed by atoms with van der Waals surface area (Å²) in [6, 6.07) is 8.03. The molecular weight excluding hydrogens is 452 g/mol. The Balaban J connectivity index is 1.60. The van der Waals surface area contributed by atoms with Crippen LogP contribution in [0.15, 0.2) is 35.1 Å². The molecule has 0 aliphatic heterocycles. The molecule has 1 N–H and O–H groups in total. The second kappa shape index (κ2) is 8.77. The van der Waals surface area contributed by atoms with Crippen molar-refractivity contribution in [2.75, 3.05) is 32.6 Å². The van der Waals surface area contributed by atoms with Crippen LogP contribution in [0.2, 0.25) is 0 Å². The first-order valence-corrected chi connectivity index (χ1v) is 11.2. The summed E-state index contributed by atoms with van der Waals surface area (Å²) < 4.78 is 6.11. The highest BCUT2D eigenvalue weighted by atomic mass is 79.9. The smallest absolute Gasteiger partial charge is 0.225 e. The number of aromatic nitrogens is 2. The molecule has 0 fully saturated rings. The van der Waals surface area contributed by atoms with E-state index in [0.29, 0.717) is 13.2 Å². The Bertz CT molecular complexity index is 1040. The molecule has 2 heterocycles.